The van der Waals surface area contributed by atoms with Gasteiger partial charge >= 0.3 is 11.9 Å². The summed E-state index contributed by atoms with van der Waals surface area (Å²) in [7, 11) is 1.44. The number of carbonyl (C=O) groups excluding carboxylic acids is 12. The molecule has 4 aromatic carbocycles. The first-order chi connectivity index (χ1) is 50.8. The highest BCUT2D eigenvalue weighted by Crippen LogP contribution is 2.28. The molecule has 0 bridgehead atoms. The number of aliphatic hydroxyl groups is 3. The largest absolute Gasteiger partial charge is 0.497 e. The first kappa shape index (κ1) is 83.0. The van der Waals surface area contributed by atoms with Crippen molar-refractivity contribution in [1.29, 1.82) is 0 Å². The van der Waals surface area contributed by atoms with Crippen molar-refractivity contribution < 1.29 is 92.2 Å². The molecule has 0 spiro atoms. The second-order valence-electron chi connectivity index (χ2n) is 27.2. The van der Waals surface area contributed by atoms with Crippen molar-refractivity contribution in [3.05, 3.63) is 149 Å². The number of nitrogens with one attached hydrogen (secondary N) is 11. The molecule has 0 radical (unpaired) electrons. The zero-order valence-electron chi connectivity index (χ0n) is 61.1. The average molecular weight is 1480 g/mol. The number of esters is 1. The number of carbonyl (C=O) groups is 13. The number of aliphatic carboxylic acids is 1. The van der Waals surface area contributed by atoms with Gasteiger partial charge in [0.1, 0.15) is 66.3 Å². The highest BCUT2D eigenvalue weighted by Gasteiger charge is 2.45. The molecule has 3 heterocycles. The lowest BCUT2D eigenvalue weighted by molar-refractivity contribution is -0.160. The molecule has 2 fully saturated rings. The van der Waals surface area contributed by atoms with E-state index in [1.54, 1.807) is 137 Å². The number of fused-ring (bicyclic) bond motifs is 2. The van der Waals surface area contributed by atoms with Gasteiger partial charge in [-0.05, 0) is 111 Å². The third kappa shape index (κ3) is 22.4. The van der Waals surface area contributed by atoms with Crippen LogP contribution in [0.3, 0.4) is 0 Å². The van der Waals surface area contributed by atoms with E-state index in [4.69, 9.17) is 9.47 Å². The van der Waals surface area contributed by atoms with E-state index >= 15 is 14.4 Å². The number of rotatable bonds is 17. The van der Waals surface area contributed by atoms with E-state index in [1.165, 1.54) is 39.2 Å². The highest BCUT2D eigenvalue weighted by molar-refractivity contribution is 6.01. The van der Waals surface area contributed by atoms with Gasteiger partial charge in [-0.25, -0.2) is 4.79 Å². The standard InChI is InChI=1S/C76H96N12O19/c1-11-20-46-21-15-16-22-47(46)30-33-56(89)82-60-44(9)107-76(105)62(63(91)40(4)5)86-66(94)53(35-39(2)3)81-72(100)73(101)87-67(95)54(36-49-37-77-52-26-18-17-25-51(49)52)80-70(98)58(41(6)45-28-31-50(106-10)32-29-45)85-68(96)55-27-19-34-88(55)74(102)61(64(92)48-23-13-12-14-24-48)83-57(90)38-78-69(97)59(42(7)75(103)104)84-65(93)43(8)79-71(60)99/h11-18,20-26,28-33,37,39-44,53-55,58-64,73,77,91-92,101H,19,27,34-36,38H2,1-10H3,(H,78,97)(H,79,99)(H,80,98)(H,81,100)(H,82,89)(H,83,90)(H,84,93)(H,85,96)(H,86,94)(H,87,95)(H,103,104)/b20-11-,33-30+/t41-,42-,43+,44+,53+,54+,55-,58-,59-,60?,61-,62+,63-,64-,73-/m0/s1. The lowest BCUT2D eigenvalue weighted by Crippen LogP contribution is -2.62. The summed E-state index contributed by atoms with van der Waals surface area (Å²) in [4.78, 5) is 191. The van der Waals surface area contributed by atoms with Crippen LogP contribution in [-0.4, -0.2) is 200 Å². The molecule has 5 aromatic rings. The van der Waals surface area contributed by atoms with Gasteiger partial charge in [-0.1, -0.05) is 132 Å². The number of nitrogens with zero attached hydrogens (tertiary/aromatic N) is 1. The van der Waals surface area contributed by atoms with Gasteiger partial charge in [-0.2, -0.15) is 0 Å². The summed E-state index contributed by atoms with van der Waals surface area (Å²) >= 11 is 0. The summed E-state index contributed by atoms with van der Waals surface area (Å²) in [6, 6.07) is 12.2. The number of benzene rings is 4. The van der Waals surface area contributed by atoms with Crippen molar-refractivity contribution in [2.24, 2.45) is 17.8 Å². The molecular weight excluding hydrogens is 1380 g/mol. The van der Waals surface area contributed by atoms with Gasteiger partial charge in [-0.15, -0.1) is 0 Å². The van der Waals surface area contributed by atoms with Gasteiger partial charge in [0.25, 0.3) is 5.91 Å². The number of allylic oxidation sites excluding steroid dienone is 1. The van der Waals surface area contributed by atoms with Gasteiger partial charge in [0.05, 0.1) is 25.7 Å². The van der Waals surface area contributed by atoms with Crippen molar-refractivity contribution in [2.45, 2.75) is 173 Å². The molecule has 0 aliphatic carbocycles. The van der Waals surface area contributed by atoms with Crippen molar-refractivity contribution in [3.63, 3.8) is 0 Å². The summed E-state index contributed by atoms with van der Waals surface area (Å²) in [5.74, 6) is -18.8. The first-order valence-electron chi connectivity index (χ1n) is 35.2. The number of aromatic nitrogens is 1. The Kier molecular flexibility index (Phi) is 30.0. The van der Waals surface area contributed by atoms with Gasteiger partial charge in [0, 0.05) is 42.1 Å². The number of aliphatic hydroxyl groups excluding tert-OH is 3. The number of hydrogen-bond donors (Lipinski definition) is 15. The Balaban J connectivity index is 1.30. The van der Waals surface area contributed by atoms with Crippen molar-refractivity contribution >= 4 is 100.0 Å². The number of cyclic esters (lactones) is 1. The number of H-pyrrole nitrogens is 1. The number of aromatic amines is 1. The van der Waals surface area contributed by atoms with Gasteiger partial charge in [0.2, 0.25) is 65.3 Å². The minimum atomic E-state index is -2.47. The summed E-state index contributed by atoms with van der Waals surface area (Å²) in [5, 5.41) is 70.5. The molecule has 0 saturated carbocycles. The Bertz CT molecular complexity index is 4090. The van der Waals surface area contributed by atoms with Crippen LogP contribution < -0.4 is 57.9 Å². The zero-order valence-corrected chi connectivity index (χ0v) is 61.1. The summed E-state index contributed by atoms with van der Waals surface area (Å²) in [5.41, 5.74) is 2.96. The SMILES string of the molecule is C/C=C\c1ccccc1/C=C/C(=O)NC1C(=O)N[C@H](C)C(=O)N[C@@H]([C@H](C)C(=O)O)C(=O)NCC(=O)N[C@@H]([C@@H](O)c2ccccc2)C(=O)N2CCC[C@H]2C(=O)N[C@@H]([C@@H](C)c2ccc(OC)cc2)C(=O)N[C@H](Cc2c[nH]c3ccccc23)C(=O)N[C@@H](O)C(=O)N[C@H](CC(C)C)C(=O)N[C@H]([C@@H](O)C(C)C)C(=O)O[C@@H]1C. The van der Waals surface area contributed by atoms with Crippen LogP contribution in [0.2, 0.25) is 0 Å². The number of ether oxygens (including phenoxy) is 2. The van der Waals surface area contributed by atoms with E-state index in [0.717, 1.165) is 31.7 Å². The zero-order chi connectivity index (χ0) is 78.5. The number of methoxy groups -OCH3 is 1. The van der Waals surface area contributed by atoms with E-state index in [-0.39, 0.29) is 37.8 Å². The second-order valence-corrected chi connectivity index (χ2v) is 27.2. The normalized spacial score (nSPS) is 24.8. The van der Waals surface area contributed by atoms with Crippen LogP contribution in [0, 0.1) is 17.8 Å². The Morgan fingerprint density at radius 1 is 0.645 bits per heavy atom. The number of carboxylic acid groups (broad SMARTS) is 1. The van der Waals surface area contributed by atoms with E-state index in [9.17, 15) is 68.4 Å². The van der Waals surface area contributed by atoms with Gasteiger partial charge in [-0.3, -0.25) is 57.5 Å². The molecule has 7 rings (SSSR count). The van der Waals surface area contributed by atoms with E-state index in [0.29, 0.717) is 38.9 Å². The molecular formula is C76H96N12O19. The smallest absolute Gasteiger partial charge is 0.331 e. The van der Waals surface area contributed by atoms with Gasteiger partial charge < -0.3 is 93.0 Å². The highest BCUT2D eigenvalue weighted by atomic mass is 16.5. The fourth-order valence-corrected chi connectivity index (χ4v) is 12.3. The molecule has 2 aliphatic rings. The molecule has 15 atom stereocenters. The minimum absolute atomic E-state index is 0.0162. The number of para-hydroxylation sites is 1. The minimum Gasteiger partial charge on any atom is -0.497 e. The molecule has 31 heteroatoms. The molecule has 1 unspecified atom stereocenters. The number of carboxylic acids is 1. The summed E-state index contributed by atoms with van der Waals surface area (Å²) in [6.45, 7) is 11.9. The maximum absolute atomic E-state index is 15.3. The van der Waals surface area contributed by atoms with E-state index in [2.05, 4.69) is 58.2 Å². The molecule has 2 aliphatic heterocycles. The second kappa shape index (κ2) is 38.6. The topological polar surface area (TPSA) is 461 Å². The summed E-state index contributed by atoms with van der Waals surface area (Å²) in [6.07, 6.45) is -0.545. The monoisotopic (exact) mass is 1480 g/mol. The average Bonchev–Trinajstić information content (AvgIpc) is 1.63. The van der Waals surface area contributed by atoms with E-state index in [1.807, 2.05) is 0 Å². The number of amides is 11. The predicted molar refractivity (Wildman–Crippen MR) is 391 cm³/mol. The summed E-state index contributed by atoms with van der Waals surface area (Å²) < 4.78 is 11.2. The Morgan fingerprint density at radius 3 is 1.91 bits per heavy atom. The third-order valence-electron chi connectivity index (χ3n) is 18.5. The van der Waals surface area contributed by atoms with Crippen LogP contribution in [-0.2, 0) is 73.5 Å². The van der Waals surface area contributed by atoms with Crippen LogP contribution in [0.15, 0.2) is 121 Å². The van der Waals surface area contributed by atoms with Crippen LogP contribution >= 0.6 is 0 Å². The van der Waals surface area contributed by atoms with Crippen molar-refractivity contribution in [1.82, 2.24) is 63.1 Å². The fourth-order valence-electron chi connectivity index (χ4n) is 12.3. The van der Waals surface area contributed by atoms with Crippen LogP contribution in [0.5, 0.6) is 5.75 Å². The number of hydrogen-bond acceptors (Lipinski definition) is 18. The molecule has 31 nitrogen and oxygen atoms in total. The fraction of sp³-hybridized carbons (Fsp3) is 0.434. The van der Waals surface area contributed by atoms with Crippen molar-refractivity contribution in [3.8, 4) is 5.75 Å². The Hall–Kier alpha value is -11.3. The molecule has 11 amide bonds. The van der Waals surface area contributed by atoms with E-state index < -0.39 is 186 Å². The quantitative estimate of drug-likeness (QED) is 0.0459. The Labute approximate surface area is 618 Å². The van der Waals surface area contributed by atoms with Crippen LogP contribution in [0.4, 0.5) is 0 Å². The molecule has 2 saturated heterocycles. The van der Waals surface area contributed by atoms with Crippen LogP contribution in [0.25, 0.3) is 23.1 Å². The predicted octanol–water partition coefficient (Wildman–Crippen LogP) is 1.17. The molecule has 15 N–H and O–H groups in total. The first-order valence-corrected chi connectivity index (χ1v) is 35.2. The lowest BCUT2D eigenvalue weighted by atomic mass is 9.91. The lowest BCUT2D eigenvalue weighted by Gasteiger charge is -2.33. The van der Waals surface area contributed by atoms with Crippen molar-refractivity contribution in [2.75, 3.05) is 20.2 Å². The van der Waals surface area contributed by atoms with Gasteiger partial charge in [0.15, 0.2) is 6.04 Å². The molecule has 107 heavy (non-hydrogen) atoms. The maximum atomic E-state index is 15.3. The molecule has 574 valence electrons. The molecule has 1 aromatic heterocycles. The maximum Gasteiger partial charge on any atom is 0.331 e. The Morgan fingerprint density at radius 2 is 1.26 bits per heavy atom. The third-order valence-corrected chi connectivity index (χ3v) is 18.5. The van der Waals surface area contributed by atoms with Crippen LogP contribution in [0.1, 0.15) is 121 Å².